The van der Waals surface area contributed by atoms with Gasteiger partial charge < -0.3 is 9.84 Å². The number of carboxylic acids is 1. The van der Waals surface area contributed by atoms with Crippen LogP contribution in [0.3, 0.4) is 0 Å². The average molecular weight is 487 g/mol. The number of carbonyl (C=O) groups is 3. The maximum absolute atomic E-state index is 13.2. The first-order chi connectivity index (χ1) is 16.7. The van der Waals surface area contributed by atoms with Gasteiger partial charge in [0.2, 0.25) is 0 Å². The Morgan fingerprint density at radius 1 is 1.06 bits per heavy atom. The standard InChI is InChI=1S/C27H22N2O5S/c1-16-6-11-23(17(2)12-16)29-25(31)22(24(30)28-27(29)35)14-18-7-9-21(10-8-18)34-15-19-4-3-5-20(13-19)26(32)33/h3-14H,15H2,1-2H3,(H,32,33)(H,28,30,35)/b22-14+. The number of carboxylic acid groups (broad SMARTS) is 1. The van der Waals surface area contributed by atoms with Gasteiger partial charge in [0.25, 0.3) is 11.8 Å². The van der Waals surface area contributed by atoms with Crippen molar-refractivity contribution in [2.45, 2.75) is 20.5 Å². The van der Waals surface area contributed by atoms with Crippen LogP contribution in [-0.4, -0.2) is 28.0 Å². The van der Waals surface area contributed by atoms with Crippen molar-refractivity contribution in [2.24, 2.45) is 0 Å². The number of nitrogens with one attached hydrogen (secondary N) is 1. The van der Waals surface area contributed by atoms with Gasteiger partial charge in [0, 0.05) is 0 Å². The lowest BCUT2D eigenvalue weighted by molar-refractivity contribution is -0.122. The van der Waals surface area contributed by atoms with E-state index >= 15 is 0 Å². The molecule has 0 bridgehead atoms. The molecule has 1 aliphatic rings. The monoisotopic (exact) mass is 486 g/mol. The Hall–Kier alpha value is -4.30. The minimum absolute atomic E-state index is 0.0299. The number of aryl methyl sites for hydroxylation is 2. The molecule has 0 atom stereocenters. The van der Waals surface area contributed by atoms with Crippen LogP contribution in [-0.2, 0) is 16.2 Å². The van der Waals surface area contributed by atoms with Crippen LogP contribution in [0.2, 0.25) is 0 Å². The Morgan fingerprint density at radius 3 is 2.49 bits per heavy atom. The third kappa shape index (κ3) is 5.28. The van der Waals surface area contributed by atoms with Gasteiger partial charge in [-0.15, -0.1) is 0 Å². The van der Waals surface area contributed by atoms with E-state index in [0.29, 0.717) is 17.0 Å². The number of carbonyl (C=O) groups excluding carboxylic acids is 2. The van der Waals surface area contributed by atoms with Crippen LogP contribution in [0.1, 0.15) is 32.6 Å². The van der Waals surface area contributed by atoms with Crippen molar-refractivity contribution >= 4 is 46.9 Å². The van der Waals surface area contributed by atoms with Crippen LogP contribution in [0.25, 0.3) is 6.08 Å². The molecule has 0 aliphatic carbocycles. The molecule has 35 heavy (non-hydrogen) atoms. The molecule has 176 valence electrons. The molecule has 1 heterocycles. The SMILES string of the molecule is Cc1ccc(N2C(=O)/C(=C/c3ccc(OCc4cccc(C(=O)O)c4)cc3)C(=O)NC2=S)c(C)c1. The third-order valence-corrected chi connectivity index (χ3v) is 5.75. The number of nitrogens with zero attached hydrogens (tertiary/aromatic N) is 1. The van der Waals surface area contributed by atoms with Crippen molar-refractivity contribution in [3.05, 3.63) is 100 Å². The van der Waals surface area contributed by atoms with E-state index in [2.05, 4.69) is 5.32 Å². The van der Waals surface area contributed by atoms with Gasteiger partial charge in [-0.2, -0.15) is 0 Å². The number of ether oxygens (including phenoxy) is 1. The molecule has 2 N–H and O–H groups in total. The number of benzene rings is 3. The predicted molar refractivity (Wildman–Crippen MR) is 136 cm³/mol. The number of anilines is 1. The first-order valence-electron chi connectivity index (χ1n) is 10.8. The third-order valence-electron chi connectivity index (χ3n) is 5.47. The molecule has 8 heteroatoms. The number of thiocarbonyl (C=S) groups is 1. The number of aromatic carboxylic acids is 1. The summed E-state index contributed by atoms with van der Waals surface area (Å²) in [6, 6.07) is 19.0. The largest absolute Gasteiger partial charge is 0.489 e. The van der Waals surface area contributed by atoms with Crippen LogP contribution < -0.4 is 15.0 Å². The van der Waals surface area contributed by atoms with Crippen LogP contribution in [0.5, 0.6) is 5.75 Å². The minimum Gasteiger partial charge on any atom is -0.489 e. The fraction of sp³-hybridized carbons (Fsp3) is 0.111. The average Bonchev–Trinajstić information content (AvgIpc) is 2.82. The quantitative estimate of drug-likeness (QED) is 0.304. The maximum Gasteiger partial charge on any atom is 0.335 e. The summed E-state index contributed by atoms with van der Waals surface area (Å²) in [5, 5.41) is 11.7. The zero-order chi connectivity index (χ0) is 25.1. The van der Waals surface area contributed by atoms with Gasteiger partial charge in [-0.05, 0) is 79.2 Å². The van der Waals surface area contributed by atoms with E-state index in [-0.39, 0.29) is 22.9 Å². The van der Waals surface area contributed by atoms with Gasteiger partial charge in [-0.3, -0.25) is 19.8 Å². The highest BCUT2D eigenvalue weighted by atomic mass is 32.1. The Kier molecular flexibility index (Phi) is 6.75. The second-order valence-electron chi connectivity index (χ2n) is 8.11. The summed E-state index contributed by atoms with van der Waals surface area (Å²) in [7, 11) is 0. The highest BCUT2D eigenvalue weighted by Gasteiger charge is 2.35. The highest BCUT2D eigenvalue weighted by molar-refractivity contribution is 7.80. The summed E-state index contributed by atoms with van der Waals surface area (Å²) in [6.45, 7) is 4.04. The maximum atomic E-state index is 13.2. The Bertz CT molecular complexity index is 1380. The molecule has 1 aliphatic heterocycles. The first-order valence-corrected chi connectivity index (χ1v) is 11.2. The minimum atomic E-state index is -0.998. The molecule has 2 amide bonds. The Morgan fingerprint density at radius 2 is 1.80 bits per heavy atom. The van der Waals surface area contributed by atoms with E-state index in [1.54, 1.807) is 42.5 Å². The van der Waals surface area contributed by atoms with Crippen molar-refractivity contribution in [1.29, 1.82) is 0 Å². The lowest BCUT2D eigenvalue weighted by atomic mass is 10.0. The van der Waals surface area contributed by atoms with Crippen molar-refractivity contribution in [2.75, 3.05) is 4.90 Å². The molecular formula is C27H22N2O5S. The lowest BCUT2D eigenvalue weighted by Gasteiger charge is -2.30. The molecule has 1 saturated heterocycles. The highest BCUT2D eigenvalue weighted by Crippen LogP contribution is 2.26. The van der Waals surface area contributed by atoms with Gasteiger partial charge in [-0.1, -0.05) is 42.0 Å². The van der Waals surface area contributed by atoms with Gasteiger partial charge in [-0.25, -0.2) is 4.79 Å². The molecule has 0 aromatic heterocycles. The normalized spacial score (nSPS) is 14.7. The number of amides is 2. The Labute approximate surface area is 207 Å². The molecule has 1 fully saturated rings. The molecule has 3 aromatic rings. The van der Waals surface area contributed by atoms with Gasteiger partial charge in [0.05, 0.1) is 11.3 Å². The van der Waals surface area contributed by atoms with E-state index in [4.69, 9.17) is 22.1 Å². The van der Waals surface area contributed by atoms with E-state index in [0.717, 1.165) is 16.7 Å². The summed E-state index contributed by atoms with van der Waals surface area (Å²) >= 11 is 5.28. The second kappa shape index (κ2) is 9.90. The molecule has 3 aromatic carbocycles. The summed E-state index contributed by atoms with van der Waals surface area (Å²) in [6.07, 6.45) is 1.51. The number of hydrogen-bond donors (Lipinski definition) is 2. The fourth-order valence-electron chi connectivity index (χ4n) is 3.72. The molecule has 4 rings (SSSR count). The van der Waals surface area contributed by atoms with E-state index in [1.165, 1.54) is 17.0 Å². The summed E-state index contributed by atoms with van der Waals surface area (Å²) in [4.78, 5) is 38.2. The van der Waals surface area contributed by atoms with Crippen molar-refractivity contribution < 1.29 is 24.2 Å². The van der Waals surface area contributed by atoms with Crippen LogP contribution in [0.15, 0.2) is 72.3 Å². The lowest BCUT2D eigenvalue weighted by Crippen LogP contribution is -2.54. The summed E-state index contributed by atoms with van der Waals surface area (Å²) in [5.41, 5.74) is 4.06. The zero-order valence-corrected chi connectivity index (χ0v) is 19.9. The molecule has 0 radical (unpaired) electrons. The van der Waals surface area contributed by atoms with Crippen LogP contribution in [0, 0.1) is 13.8 Å². The van der Waals surface area contributed by atoms with E-state index < -0.39 is 17.8 Å². The second-order valence-corrected chi connectivity index (χ2v) is 8.50. The number of hydrogen-bond acceptors (Lipinski definition) is 5. The van der Waals surface area contributed by atoms with Gasteiger partial charge in [0.1, 0.15) is 17.9 Å². The fourth-order valence-corrected chi connectivity index (χ4v) is 3.99. The molecule has 0 unspecified atom stereocenters. The predicted octanol–water partition coefficient (Wildman–Crippen LogP) is 4.41. The van der Waals surface area contributed by atoms with Crippen LogP contribution >= 0.6 is 12.2 Å². The van der Waals surface area contributed by atoms with Crippen molar-refractivity contribution in [3.8, 4) is 5.75 Å². The van der Waals surface area contributed by atoms with Gasteiger partial charge >= 0.3 is 5.97 Å². The van der Waals surface area contributed by atoms with E-state index in [9.17, 15) is 14.4 Å². The summed E-state index contributed by atoms with van der Waals surface area (Å²) in [5.74, 6) is -1.49. The van der Waals surface area contributed by atoms with Crippen LogP contribution in [0.4, 0.5) is 5.69 Å². The summed E-state index contributed by atoms with van der Waals surface area (Å²) < 4.78 is 5.74. The van der Waals surface area contributed by atoms with E-state index in [1.807, 2.05) is 32.0 Å². The zero-order valence-electron chi connectivity index (χ0n) is 19.1. The molecular weight excluding hydrogens is 464 g/mol. The first kappa shape index (κ1) is 23.8. The Balaban J connectivity index is 1.51. The van der Waals surface area contributed by atoms with Crippen molar-refractivity contribution in [3.63, 3.8) is 0 Å². The topological polar surface area (TPSA) is 95.9 Å². The molecule has 0 spiro atoms. The van der Waals surface area contributed by atoms with Crippen molar-refractivity contribution in [1.82, 2.24) is 5.32 Å². The molecule has 0 saturated carbocycles. The van der Waals surface area contributed by atoms with Gasteiger partial charge in [0.15, 0.2) is 5.11 Å². The molecule has 7 nitrogen and oxygen atoms in total. The number of rotatable bonds is 6. The smallest absolute Gasteiger partial charge is 0.335 e.